The summed E-state index contributed by atoms with van der Waals surface area (Å²) in [5, 5.41) is 3.04. The molecule has 1 N–H and O–H groups in total. The zero-order chi connectivity index (χ0) is 20.0. The van der Waals surface area contributed by atoms with Gasteiger partial charge in [-0.15, -0.1) is 0 Å². The molecule has 2 aromatic rings. The molecule has 4 nitrogen and oxygen atoms in total. The predicted molar refractivity (Wildman–Crippen MR) is 115 cm³/mol. The number of anilines is 1. The molecule has 5 heteroatoms. The summed E-state index contributed by atoms with van der Waals surface area (Å²) in [6.07, 6.45) is 0.722. The molecule has 2 rings (SSSR count). The summed E-state index contributed by atoms with van der Waals surface area (Å²) >= 11 is 0. The third kappa shape index (κ3) is 6.80. The van der Waals surface area contributed by atoms with E-state index in [2.05, 4.69) is 17.4 Å². The van der Waals surface area contributed by atoms with Crippen molar-refractivity contribution in [2.24, 2.45) is 0 Å². The third-order valence-electron chi connectivity index (χ3n) is 4.45. The van der Waals surface area contributed by atoms with Crippen molar-refractivity contribution in [1.29, 1.82) is 0 Å². The molecule has 0 saturated carbocycles. The zero-order valence-electron chi connectivity index (χ0n) is 16.9. The Bertz CT molecular complexity index is 793. The Morgan fingerprint density at radius 2 is 1.56 bits per heavy atom. The Labute approximate surface area is 162 Å². The fourth-order valence-electron chi connectivity index (χ4n) is 3.24. The Morgan fingerprint density at radius 1 is 0.963 bits per heavy atom. The molecule has 0 aliphatic carbocycles. The van der Waals surface area contributed by atoms with Gasteiger partial charge in [-0.25, -0.2) is 0 Å². The number of esters is 1. The Morgan fingerprint density at radius 3 is 2.15 bits per heavy atom. The van der Waals surface area contributed by atoms with Gasteiger partial charge >= 0.3 is 162 Å². The molecule has 0 aliphatic heterocycles. The van der Waals surface area contributed by atoms with Crippen molar-refractivity contribution >= 4 is 24.8 Å². The van der Waals surface area contributed by atoms with E-state index in [0.29, 0.717) is 12.3 Å². The summed E-state index contributed by atoms with van der Waals surface area (Å²) in [6.45, 7) is 10.4. The van der Waals surface area contributed by atoms with Crippen LogP contribution in [-0.2, 0) is 20.9 Å². The number of nitrogens with one attached hydrogen (secondary N) is 1. The summed E-state index contributed by atoms with van der Waals surface area (Å²) < 4.78 is 5.38. The van der Waals surface area contributed by atoms with Crippen LogP contribution < -0.4 is 5.32 Å². The van der Waals surface area contributed by atoms with Crippen molar-refractivity contribution in [3.8, 4) is 0 Å². The van der Waals surface area contributed by atoms with Gasteiger partial charge in [0.05, 0.1) is 0 Å². The van der Waals surface area contributed by atoms with E-state index in [-0.39, 0.29) is 18.5 Å². The molecule has 1 amide bonds. The van der Waals surface area contributed by atoms with E-state index in [4.69, 9.17) is 4.74 Å². The molecular formula is C22H30NO3P. The summed E-state index contributed by atoms with van der Waals surface area (Å²) in [5.74, 6) is -0.261. The van der Waals surface area contributed by atoms with Crippen molar-refractivity contribution < 1.29 is 14.3 Å². The van der Waals surface area contributed by atoms with E-state index < -0.39 is 7.26 Å². The Balaban J connectivity index is 1.89. The molecule has 2 aromatic carbocycles. The number of hydrogen-bond donors (Lipinski definition) is 1. The molecule has 0 unspecified atom stereocenters. The average Bonchev–Trinajstić information content (AvgIpc) is 2.56. The van der Waals surface area contributed by atoms with Gasteiger partial charge in [0.25, 0.3) is 0 Å². The van der Waals surface area contributed by atoms with Crippen molar-refractivity contribution in [2.75, 3.05) is 31.0 Å². The van der Waals surface area contributed by atoms with Crippen molar-refractivity contribution in [3.63, 3.8) is 0 Å². The van der Waals surface area contributed by atoms with Crippen molar-refractivity contribution in [1.82, 2.24) is 0 Å². The quantitative estimate of drug-likeness (QED) is 0.569. The van der Waals surface area contributed by atoms with Crippen LogP contribution in [0.25, 0.3) is 0 Å². The van der Waals surface area contributed by atoms with Gasteiger partial charge in [0, 0.05) is 0 Å². The van der Waals surface area contributed by atoms with Gasteiger partial charge in [0.2, 0.25) is 0 Å². The second-order valence-electron chi connectivity index (χ2n) is 7.99. The van der Waals surface area contributed by atoms with Crippen molar-refractivity contribution in [2.45, 2.75) is 27.4 Å². The third-order valence-corrected chi connectivity index (χ3v) is 6.97. The number of carbonyl (C=O) groups excluding carboxylic acids is 2. The monoisotopic (exact) mass is 387 g/mol. The van der Waals surface area contributed by atoms with Crippen molar-refractivity contribution in [3.05, 3.63) is 64.7 Å². The van der Waals surface area contributed by atoms with Gasteiger partial charge in [-0.1, -0.05) is 0 Å². The molecular weight excluding hydrogens is 357 g/mol. The summed E-state index contributed by atoms with van der Waals surface area (Å²) in [6, 6.07) is 13.7. The van der Waals surface area contributed by atoms with Gasteiger partial charge in [0.1, 0.15) is 0 Å². The molecule has 0 aliphatic rings. The second kappa shape index (κ2) is 9.14. The SMILES string of the molecule is Cc1cc(C)c(NC(=O)C[PH](C)(C)CC(=O)OCc2ccccc2)c(C)c1. The van der Waals surface area contributed by atoms with Gasteiger partial charge in [0.15, 0.2) is 0 Å². The van der Waals surface area contributed by atoms with Crippen LogP contribution in [0.2, 0.25) is 0 Å². The second-order valence-corrected chi connectivity index (χ2v) is 13.0. The van der Waals surface area contributed by atoms with Crippen LogP contribution >= 0.6 is 7.26 Å². The fraction of sp³-hybridized carbons (Fsp3) is 0.364. The molecule has 0 aromatic heterocycles. The number of carbonyl (C=O) groups is 2. The van der Waals surface area contributed by atoms with E-state index in [0.717, 1.165) is 22.4 Å². The fourth-order valence-corrected chi connectivity index (χ4v) is 5.20. The number of benzene rings is 2. The van der Waals surface area contributed by atoms with Gasteiger partial charge in [-0.2, -0.15) is 0 Å². The van der Waals surface area contributed by atoms with E-state index >= 15 is 0 Å². The predicted octanol–water partition coefficient (Wildman–Crippen LogP) is 4.30. The number of ether oxygens (including phenoxy) is 1. The molecule has 0 fully saturated rings. The van der Waals surface area contributed by atoms with Crippen LogP contribution in [-0.4, -0.2) is 37.5 Å². The van der Waals surface area contributed by atoms with Crippen LogP contribution in [0.3, 0.4) is 0 Å². The normalized spacial score (nSPS) is 11.7. The molecule has 0 radical (unpaired) electrons. The summed E-state index contributed by atoms with van der Waals surface area (Å²) in [5.41, 5.74) is 5.14. The van der Waals surface area contributed by atoms with E-state index in [1.165, 1.54) is 5.56 Å². The van der Waals surface area contributed by atoms with Crippen LogP contribution in [0.1, 0.15) is 22.3 Å². The standard InChI is InChI=1S/C22H30NO3P/c1-16-11-17(2)22(18(3)12-16)23-20(24)14-27(4,5)15-21(25)26-13-19-9-7-6-8-10-19/h6-12,27H,13-15H2,1-5H3,(H,23,24). The molecule has 0 bridgehead atoms. The van der Waals surface area contributed by atoms with Gasteiger partial charge in [-0.05, 0) is 0 Å². The molecule has 0 spiro atoms. The van der Waals surface area contributed by atoms with Crippen LogP contribution in [0, 0.1) is 20.8 Å². The molecule has 0 heterocycles. The summed E-state index contributed by atoms with van der Waals surface area (Å²) in [4.78, 5) is 24.7. The topological polar surface area (TPSA) is 55.4 Å². The number of rotatable bonds is 7. The van der Waals surface area contributed by atoms with E-state index in [1.54, 1.807) is 0 Å². The van der Waals surface area contributed by atoms with E-state index in [9.17, 15) is 9.59 Å². The first-order chi connectivity index (χ1) is 12.7. The van der Waals surface area contributed by atoms with Gasteiger partial charge in [-0.3, -0.25) is 0 Å². The first-order valence-electron chi connectivity index (χ1n) is 9.23. The Kier molecular flexibility index (Phi) is 7.15. The summed E-state index contributed by atoms with van der Waals surface area (Å²) in [7, 11) is -2.05. The van der Waals surface area contributed by atoms with E-state index in [1.807, 2.05) is 64.4 Å². The molecule has 0 atom stereocenters. The zero-order valence-corrected chi connectivity index (χ0v) is 17.9. The van der Waals surface area contributed by atoms with Crippen LogP contribution in [0.4, 0.5) is 5.69 Å². The Hall–Kier alpha value is -2.19. The maximum absolute atomic E-state index is 12.5. The maximum atomic E-state index is 12.5. The van der Waals surface area contributed by atoms with Gasteiger partial charge < -0.3 is 0 Å². The number of aryl methyl sites for hydroxylation is 3. The molecule has 27 heavy (non-hydrogen) atoms. The molecule has 146 valence electrons. The number of amides is 1. The van der Waals surface area contributed by atoms with Crippen LogP contribution in [0.15, 0.2) is 42.5 Å². The minimum absolute atomic E-state index is 0.0300. The molecule has 0 saturated heterocycles. The van der Waals surface area contributed by atoms with Crippen LogP contribution in [0.5, 0.6) is 0 Å². The number of hydrogen-bond acceptors (Lipinski definition) is 3. The minimum atomic E-state index is -2.05. The first kappa shape index (κ1) is 21.1. The average molecular weight is 387 g/mol. The first-order valence-corrected chi connectivity index (χ1v) is 12.6.